The number of hydrogen-bond acceptors (Lipinski definition) is 4. The molecule has 0 fully saturated rings. The second kappa shape index (κ2) is 11.8. The van der Waals surface area contributed by atoms with Crippen LogP contribution in [-0.2, 0) is 26.2 Å². The smallest absolute Gasteiger partial charge is 0.264 e. The Labute approximate surface area is 224 Å². The molecule has 37 heavy (non-hydrogen) atoms. The van der Waals surface area contributed by atoms with Crippen molar-refractivity contribution in [2.24, 2.45) is 0 Å². The predicted molar refractivity (Wildman–Crippen MR) is 147 cm³/mol. The van der Waals surface area contributed by atoms with Gasteiger partial charge in [0.15, 0.2) is 0 Å². The number of anilines is 1. The molecule has 3 rings (SSSR count). The van der Waals surface area contributed by atoms with Gasteiger partial charge in [-0.05, 0) is 57.5 Å². The van der Waals surface area contributed by atoms with E-state index >= 15 is 0 Å². The third-order valence-electron chi connectivity index (χ3n) is 5.59. The number of nitrogens with one attached hydrogen (secondary N) is 1. The summed E-state index contributed by atoms with van der Waals surface area (Å²) in [4.78, 5) is 28.3. The van der Waals surface area contributed by atoms with E-state index in [1.807, 2.05) is 51.1 Å². The molecule has 3 aromatic rings. The number of halogens is 1. The number of para-hydroxylation sites is 1. The van der Waals surface area contributed by atoms with Gasteiger partial charge in [-0.25, -0.2) is 8.42 Å². The highest BCUT2D eigenvalue weighted by Gasteiger charge is 2.33. The van der Waals surface area contributed by atoms with Crippen molar-refractivity contribution in [2.45, 2.75) is 50.7 Å². The maximum Gasteiger partial charge on any atom is 0.264 e. The summed E-state index contributed by atoms with van der Waals surface area (Å²) in [6.07, 6.45) is 0. The second-order valence-corrected chi connectivity index (χ2v) is 12.0. The molecule has 0 spiro atoms. The molecule has 0 aliphatic heterocycles. The van der Waals surface area contributed by atoms with Gasteiger partial charge in [-0.1, -0.05) is 72.3 Å². The Kier molecular flexibility index (Phi) is 8.99. The van der Waals surface area contributed by atoms with Crippen LogP contribution in [0.2, 0.25) is 5.02 Å². The third-order valence-corrected chi connectivity index (χ3v) is 7.69. The molecule has 0 radical (unpaired) electrons. The standard InChI is InChI=1S/C28H32ClN3O4S/c1-21(27(34)30-28(2,3)4)31(19-22-13-7-5-8-14-22)26(33)20-32(25-18-12-11-17-24(25)29)37(35,36)23-15-9-6-10-16-23/h5-18,21H,19-20H2,1-4H3,(H,30,34). The van der Waals surface area contributed by atoms with Crippen LogP contribution in [0.1, 0.15) is 33.3 Å². The van der Waals surface area contributed by atoms with E-state index in [0.717, 1.165) is 9.87 Å². The van der Waals surface area contributed by atoms with Gasteiger partial charge in [-0.3, -0.25) is 13.9 Å². The van der Waals surface area contributed by atoms with E-state index in [4.69, 9.17) is 11.6 Å². The summed E-state index contributed by atoms with van der Waals surface area (Å²) >= 11 is 6.40. The van der Waals surface area contributed by atoms with Crippen molar-refractivity contribution in [3.8, 4) is 0 Å². The van der Waals surface area contributed by atoms with Gasteiger partial charge in [-0.15, -0.1) is 0 Å². The van der Waals surface area contributed by atoms with Crippen molar-refractivity contribution >= 4 is 39.1 Å². The van der Waals surface area contributed by atoms with Crippen LogP contribution in [0, 0.1) is 0 Å². The molecule has 3 aromatic carbocycles. The summed E-state index contributed by atoms with van der Waals surface area (Å²) in [5.74, 6) is -0.883. The lowest BCUT2D eigenvalue weighted by molar-refractivity contribution is -0.140. The Morgan fingerprint density at radius 3 is 2.00 bits per heavy atom. The highest BCUT2D eigenvalue weighted by molar-refractivity contribution is 7.92. The number of sulfonamides is 1. The van der Waals surface area contributed by atoms with Crippen LogP contribution in [0.25, 0.3) is 0 Å². The molecule has 1 N–H and O–H groups in total. The largest absolute Gasteiger partial charge is 0.350 e. The van der Waals surface area contributed by atoms with E-state index in [1.54, 1.807) is 49.4 Å². The maximum atomic E-state index is 13.8. The number of hydrogen-bond donors (Lipinski definition) is 1. The van der Waals surface area contributed by atoms with Crippen LogP contribution >= 0.6 is 11.6 Å². The van der Waals surface area contributed by atoms with Gasteiger partial charge < -0.3 is 10.2 Å². The Morgan fingerprint density at radius 2 is 1.43 bits per heavy atom. The Balaban J connectivity index is 2.02. The Bertz CT molecular complexity index is 1330. The van der Waals surface area contributed by atoms with Crippen LogP contribution in [0.15, 0.2) is 89.8 Å². The summed E-state index contributed by atoms with van der Waals surface area (Å²) in [7, 11) is -4.15. The molecule has 0 saturated carbocycles. The summed E-state index contributed by atoms with van der Waals surface area (Å²) in [6, 6.07) is 22.7. The average molecular weight is 542 g/mol. The van der Waals surface area contributed by atoms with Crippen LogP contribution in [-0.4, -0.2) is 43.3 Å². The van der Waals surface area contributed by atoms with Gasteiger partial charge in [0, 0.05) is 12.1 Å². The molecule has 2 amide bonds. The monoisotopic (exact) mass is 541 g/mol. The first-order valence-corrected chi connectivity index (χ1v) is 13.7. The molecule has 0 aliphatic carbocycles. The summed E-state index contributed by atoms with van der Waals surface area (Å²) < 4.78 is 28.4. The zero-order valence-corrected chi connectivity index (χ0v) is 23.0. The molecule has 0 heterocycles. The second-order valence-electron chi connectivity index (χ2n) is 9.70. The van der Waals surface area contributed by atoms with Crippen molar-refractivity contribution in [1.29, 1.82) is 0 Å². The minimum absolute atomic E-state index is 0.0239. The fourth-order valence-corrected chi connectivity index (χ4v) is 5.47. The van der Waals surface area contributed by atoms with Gasteiger partial charge in [0.25, 0.3) is 10.0 Å². The van der Waals surface area contributed by atoms with E-state index in [-0.39, 0.29) is 28.1 Å². The topological polar surface area (TPSA) is 86.8 Å². The molecular formula is C28H32ClN3O4S. The Hall–Kier alpha value is -3.36. The molecular weight excluding hydrogens is 510 g/mol. The van der Waals surface area contributed by atoms with Crippen LogP contribution in [0.5, 0.6) is 0 Å². The normalized spacial score (nSPS) is 12.5. The number of rotatable bonds is 9. The van der Waals surface area contributed by atoms with E-state index in [2.05, 4.69) is 5.32 Å². The molecule has 9 heteroatoms. The van der Waals surface area contributed by atoms with Crippen molar-refractivity contribution in [3.05, 3.63) is 95.5 Å². The van der Waals surface area contributed by atoms with Crippen molar-refractivity contribution < 1.29 is 18.0 Å². The molecule has 0 aromatic heterocycles. The van der Waals surface area contributed by atoms with Gasteiger partial charge >= 0.3 is 0 Å². The summed E-state index contributed by atoms with van der Waals surface area (Å²) in [5, 5.41) is 3.09. The molecule has 7 nitrogen and oxygen atoms in total. The zero-order valence-electron chi connectivity index (χ0n) is 21.4. The molecule has 0 saturated heterocycles. The lowest BCUT2D eigenvalue weighted by Gasteiger charge is -2.33. The average Bonchev–Trinajstić information content (AvgIpc) is 2.86. The SMILES string of the molecule is CC(C(=O)NC(C)(C)C)N(Cc1ccccc1)C(=O)CN(c1ccccc1Cl)S(=O)(=O)c1ccccc1. The molecule has 0 bridgehead atoms. The number of nitrogens with zero attached hydrogens (tertiary/aromatic N) is 2. The van der Waals surface area contributed by atoms with Crippen LogP contribution in [0.4, 0.5) is 5.69 Å². The van der Waals surface area contributed by atoms with E-state index in [0.29, 0.717) is 0 Å². The zero-order chi connectivity index (χ0) is 27.2. The minimum Gasteiger partial charge on any atom is -0.350 e. The number of carbonyl (C=O) groups excluding carboxylic acids is 2. The van der Waals surface area contributed by atoms with Crippen LogP contribution in [0.3, 0.4) is 0 Å². The van der Waals surface area contributed by atoms with Crippen molar-refractivity contribution in [2.75, 3.05) is 10.8 Å². The molecule has 1 atom stereocenters. The quantitative estimate of drug-likeness (QED) is 0.419. The Morgan fingerprint density at radius 1 is 0.892 bits per heavy atom. The van der Waals surface area contributed by atoms with Gasteiger partial charge in [0.2, 0.25) is 11.8 Å². The molecule has 1 unspecified atom stereocenters. The lowest BCUT2D eigenvalue weighted by atomic mass is 10.1. The summed E-state index contributed by atoms with van der Waals surface area (Å²) in [6.45, 7) is 6.78. The number of carbonyl (C=O) groups is 2. The third kappa shape index (κ3) is 7.33. The van der Waals surface area contributed by atoms with Crippen molar-refractivity contribution in [1.82, 2.24) is 10.2 Å². The van der Waals surface area contributed by atoms with E-state index < -0.39 is 34.1 Å². The highest BCUT2D eigenvalue weighted by Crippen LogP contribution is 2.30. The lowest BCUT2D eigenvalue weighted by Crippen LogP contribution is -2.54. The first kappa shape index (κ1) is 28.2. The van der Waals surface area contributed by atoms with Gasteiger partial charge in [-0.2, -0.15) is 0 Å². The fourth-order valence-electron chi connectivity index (χ4n) is 3.72. The fraction of sp³-hybridized carbons (Fsp3) is 0.286. The molecule has 196 valence electrons. The van der Waals surface area contributed by atoms with Crippen molar-refractivity contribution in [3.63, 3.8) is 0 Å². The predicted octanol–water partition coefficient (Wildman–Crippen LogP) is 4.87. The number of amides is 2. The van der Waals surface area contributed by atoms with Crippen LogP contribution < -0.4 is 9.62 Å². The van der Waals surface area contributed by atoms with Gasteiger partial charge in [0.1, 0.15) is 12.6 Å². The minimum atomic E-state index is -4.15. The van der Waals surface area contributed by atoms with Gasteiger partial charge in [0.05, 0.1) is 15.6 Å². The first-order chi connectivity index (χ1) is 17.4. The van der Waals surface area contributed by atoms with E-state index in [1.165, 1.54) is 17.0 Å². The van der Waals surface area contributed by atoms with E-state index in [9.17, 15) is 18.0 Å². The molecule has 0 aliphatic rings. The maximum absolute atomic E-state index is 13.8. The number of benzene rings is 3. The summed E-state index contributed by atoms with van der Waals surface area (Å²) in [5.41, 5.74) is 0.474. The highest BCUT2D eigenvalue weighted by atomic mass is 35.5. The first-order valence-electron chi connectivity index (χ1n) is 11.9.